The average Bonchev–Trinajstić information content (AvgIpc) is 2.96. The third-order valence-corrected chi connectivity index (χ3v) is 4.96. The van der Waals surface area contributed by atoms with E-state index in [1.54, 1.807) is 18.4 Å². The van der Waals surface area contributed by atoms with Gasteiger partial charge in [0.1, 0.15) is 12.3 Å². The topological polar surface area (TPSA) is 60.3 Å². The number of halogens is 2. The second kappa shape index (κ2) is 8.79. The normalized spacial score (nSPS) is 10.9. The molecule has 0 radical (unpaired) electrons. The zero-order chi connectivity index (χ0) is 20.1. The lowest BCUT2D eigenvalue weighted by molar-refractivity contribution is -0.116. The molecule has 1 N–H and O–H groups in total. The van der Waals surface area contributed by atoms with E-state index in [9.17, 15) is 18.4 Å². The molecule has 0 aliphatic rings. The number of hydrogen-bond acceptors (Lipinski definition) is 4. The summed E-state index contributed by atoms with van der Waals surface area (Å²) >= 11 is 1.03. The predicted octanol–water partition coefficient (Wildman–Crippen LogP) is 4.05. The van der Waals surface area contributed by atoms with Gasteiger partial charge in [-0.25, -0.2) is 0 Å². The Balaban J connectivity index is 1.80. The van der Waals surface area contributed by atoms with E-state index in [0.29, 0.717) is 23.4 Å². The van der Waals surface area contributed by atoms with Crippen LogP contribution in [0.3, 0.4) is 0 Å². The minimum atomic E-state index is -2.94. The number of anilines is 1. The van der Waals surface area contributed by atoms with Crippen molar-refractivity contribution in [3.8, 4) is 5.75 Å². The molecule has 5 nitrogen and oxygen atoms in total. The van der Waals surface area contributed by atoms with Crippen molar-refractivity contribution in [3.05, 3.63) is 80.4 Å². The molecule has 1 aromatic heterocycles. The van der Waals surface area contributed by atoms with Crippen LogP contribution in [0.5, 0.6) is 5.75 Å². The maximum absolute atomic E-state index is 12.7. The Kier molecular flexibility index (Phi) is 6.20. The number of alkyl halides is 2. The number of rotatable bonds is 7. The zero-order valence-corrected chi connectivity index (χ0v) is 15.8. The van der Waals surface area contributed by atoms with Gasteiger partial charge in [0.2, 0.25) is 5.91 Å². The summed E-state index contributed by atoms with van der Waals surface area (Å²) in [5.74, 6) is -0.321. The van der Waals surface area contributed by atoms with Crippen LogP contribution in [0.15, 0.2) is 58.7 Å². The van der Waals surface area contributed by atoms with Crippen LogP contribution in [-0.2, 0) is 17.8 Å². The Labute approximate surface area is 164 Å². The Morgan fingerprint density at radius 3 is 2.61 bits per heavy atom. The number of amides is 1. The predicted molar refractivity (Wildman–Crippen MR) is 104 cm³/mol. The fourth-order valence-electron chi connectivity index (χ4n) is 2.76. The Morgan fingerprint density at radius 2 is 1.96 bits per heavy atom. The van der Waals surface area contributed by atoms with Crippen molar-refractivity contribution in [2.45, 2.75) is 26.5 Å². The van der Waals surface area contributed by atoms with Gasteiger partial charge in [-0.1, -0.05) is 41.7 Å². The fourth-order valence-corrected chi connectivity index (χ4v) is 3.50. The van der Waals surface area contributed by atoms with Crippen molar-refractivity contribution in [1.82, 2.24) is 4.57 Å². The van der Waals surface area contributed by atoms with E-state index in [2.05, 4.69) is 10.1 Å². The first-order valence-corrected chi connectivity index (χ1v) is 9.37. The number of ether oxygens (including phenoxy) is 1. The van der Waals surface area contributed by atoms with Crippen LogP contribution >= 0.6 is 11.3 Å². The van der Waals surface area contributed by atoms with Crippen LogP contribution in [0.4, 0.5) is 14.5 Å². The number of carbonyl (C=O) groups is 1. The highest BCUT2D eigenvalue weighted by atomic mass is 32.1. The van der Waals surface area contributed by atoms with Gasteiger partial charge in [0, 0.05) is 28.7 Å². The molecule has 0 aliphatic heterocycles. The lowest BCUT2D eigenvalue weighted by Gasteiger charge is -2.14. The molecule has 0 saturated carbocycles. The van der Waals surface area contributed by atoms with Crippen LogP contribution in [-0.4, -0.2) is 17.1 Å². The summed E-state index contributed by atoms with van der Waals surface area (Å²) in [4.78, 5) is 23.8. The van der Waals surface area contributed by atoms with Gasteiger partial charge in [-0.3, -0.25) is 14.2 Å². The molecule has 8 heteroatoms. The van der Waals surface area contributed by atoms with Crippen LogP contribution < -0.4 is 14.9 Å². The number of aryl methyl sites for hydroxylation is 1. The second-order valence-corrected chi connectivity index (χ2v) is 6.96. The Morgan fingerprint density at radius 1 is 1.21 bits per heavy atom. The summed E-state index contributed by atoms with van der Waals surface area (Å²) in [5.41, 5.74) is 2.59. The number of nitrogens with zero attached hydrogens (tertiary/aromatic N) is 1. The smallest absolute Gasteiger partial charge is 0.387 e. The number of carbonyl (C=O) groups excluding carboxylic acids is 1. The third kappa shape index (κ3) is 5.04. The molecule has 0 atom stereocenters. The maximum Gasteiger partial charge on any atom is 0.387 e. The summed E-state index contributed by atoms with van der Waals surface area (Å²) in [6.07, 6.45) is 0.371. The van der Waals surface area contributed by atoms with E-state index >= 15 is 0 Å². The van der Waals surface area contributed by atoms with E-state index in [-0.39, 0.29) is 23.1 Å². The monoisotopic (exact) mass is 404 g/mol. The third-order valence-electron chi connectivity index (χ3n) is 4.08. The van der Waals surface area contributed by atoms with Crippen LogP contribution in [0.2, 0.25) is 0 Å². The summed E-state index contributed by atoms with van der Waals surface area (Å²) in [6.45, 7) is -1.31. The molecule has 3 rings (SSSR count). The molecule has 28 heavy (non-hydrogen) atoms. The highest BCUT2D eigenvalue weighted by Crippen LogP contribution is 2.27. The summed E-state index contributed by atoms with van der Waals surface area (Å²) < 4.78 is 31.4. The molecule has 0 spiro atoms. The molecule has 146 valence electrons. The molecule has 3 aromatic rings. The first-order chi connectivity index (χ1) is 13.4. The average molecular weight is 404 g/mol. The molecular formula is C20H18F2N2O3S. The van der Waals surface area contributed by atoms with Gasteiger partial charge in [-0.15, -0.1) is 0 Å². The van der Waals surface area contributed by atoms with Gasteiger partial charge in [0.15, 0.2) is 0 Å². The lowest BCUT2D eigenvalue weighted by atomic mass is 10.0. The Bertz CT molecular complexity index is 1020. The second-order valence-electron chi connectivity index (χ2n) is 6.14. The highest BCUT2D eigenvalue weighted by Gasteiger charge is 2.13. The van der Waals surface area contributed by atoms with E-state index in [4.69, 9.17) is 0 Å². The molecular weight excluding hydrogens is 386 g/mol. The molecule has 0 saturated heterocycles. The van der Waals surface area contributed by atoms with Crippen LogP contribution in [0.25, 0.3) is 0 Å². The van der Waals surface area contributed by atoms with Gasteiger partial charge in [0.05, 0.1) is 0 Å². The minimum absolute atomic E-state index is 0.0572. The largest absolute Gasteiger partial charge is 0.435 e. The summed E-state index contributed by atoms with van der Waals surface area (Å²) in [6, 6.07) is 13.8. The number of aromatic nitrogens is 1. The first-order valence-electron chi connectivity index (χ1n) is 8.49. The van der Waals surface area contributed by atoms with E-state index in [0.717, 1.165) is 16.9 Å². The van der Waals surface area contributed by atoms with Crippen molar-refractivity contribution in [1.29, 1.82) is 0 Å². The summed E-state index contributed by atoms with van der Waals surface area (Å²) in [7, 11) is 0. The van der Waals surface area contributed by atoms with E-state index in [1.807, 2.05) is 30.3 Å². The van der Waals surface area contributed by atoms with Crippen molar-refractivity contribution in [3.63, 3.8) is 0 Å². The SMILES string of the molecule is Cc1csc(=O)n1CC(=O)Nc1ccc(OC(F)F)c(Cc2ccccc2)c1. The van der Waals surface area contributed by atoms with Crippen LogP contribution in [0, 0.1) is 6.92 Å². The van der Waals surface area contributed by atoms with Crippen molar-refractivity contribution < 1.29 is 18.3 Å². The van der Waals surface area contributed by atoms with E-state index < -0.39 is 6.61 Å². The Hall–Kier alpha value is -3.00. The van der Waals surface area contributed by atoms with Gasteiger partial charge in [-0.2, -0.15) is 8.78 Å². The first kappa shape index (κ1) is 19.8. The number of hydrogen-bond donors (Lipinski definition) is 1. The quantitative estimate of drug-likeness (QED) is 0.646. The number of benzene rings is 2. The van der Waals surface area contributed by atoms with Gasteiger partial charge < -0.3 is 10.1 Å². The fraction of sp³-hybridized carbons (Fsp3) is 0.200. The molecule has 2 aromatic carbocycles. The van der Waals surface area contributed by atoms with Gasteiger partial charge in [-0.05, 0) is 30.7 Å². The minimum Gasteiger partial charge on any atom is -0.435 e. The zero-order valence-electron chi connectivity index (χ0n) is 15.0. The maximum atomic E-state index is 12.7. The van der Waals surface area contributed by atoms with Crippen molar-refractivity contribution >= 4 is 22.9 Å². The lowest BCUT2D eigenvalue weighted by Crippen LogP contribution is -2.25. The number of thiazole rings is 1. The highest BCUT2D eigenvalue weighted by molar-refractivity contribution is 7.07. The molecule has 0 unspecified atom stereocenters. The standard InChI is InChI=1S/C20H18F2N2O3S/c1-13-12-28-20(26)24(13)11-18(25)23-16-7-8-17(27-19(21)22)15(10-16)9-14-5-3-2-4-6-14/h2-8,10,12,19H,9,11H2,1H3,(H,23,25). The van der Waals surface area contributed by atoms with Crippen molar-refractivity contribution in [2.24, 2.45) is 0 Å². The number of nitrogens with one attached hydrogen (secondary N) is 1. The molecule has 1 heterocycles. The van der Waals surface area contributed by atoms with Crippen LogP contribution in [0.1, 0.15) is 16.8 Å². The van der Waals surface area contributed by atoms with Gasteiger partial charge >= 0.3 is 11.5 Å². The van der Waals surface area contributed by atoms with Crippen molar-refractivity contribution in [2.75, 3.05) is 5.32 Å². The van der Waals surface area contributed by atoms with Gasteiger partial charge in [0.25, 0.3) is 0 Å². The molecule has 0 bridgehead atoms. The molecule has 0 aliphatic carbocycles. The summed E-state index contributed by atoms with van der Waals surface area (Å²) in [5, 5.41) is 4.39. The molecule has 0 fully saturated rings. The molecule has 1 amide bonds. The van der Waals surface area contributed by atoms with E-state index in [1.165, 1.54) is 16.7 Å².